The number of amides is 2. The smallest absolute Gasteiger partial charge is 0.335 e. The number of hydrogen-bond donors (Lipinski definition) is 4. The van der Waals surface area contributed by atoms with Crippen molar-refractivity contribution in [3.63, 3.8) is 0 Å². The minimum atomic E-state index is -1.14. The van der Waals surface area contributed by atoms with Crippen molar-refractivity contribution in [2.75, 3.05) is 18.5 Å². The summed E-state index contributed by atoms with van der Waals surface area (Å²) in [5, 5.41) is 23.6. The average Bonchev–Trinajstić information content (AvgIpc) is 2.42. The summed E-state index contributed by atoms with van der Waals surface area (Å²) >= 11 is 0. The third-order valence-corrected chi connectivity index (χ3v) is 2.99. The lowest BCUT2D eigenvalue weighted by atomic mass is 10.1. The summed E-state index contributed by atoms with van der Waals surface area (Å²) < 4.78 is 5.24. The van der Waals surface area contributed by atoms with Gasteiger partial charge in [0.15, 0.2) is 0 Å². The van der Waals surface area contributed by atoms with Crippen LogP contribution in [0.4, 0.5) is 10.5 Å². The lowest BCUT2D eigenvalue weighted by molar-refractivity contribution is 0.0696. The van der Waals surface area contributed by atoms with E-state index in [1.807, 2.05) is 0 Å². The number of hydrogen-bond acceptors (Lipinski definition) is 4. The number of aromatic hydroxyl groups is 1. The van der Waals surface area contributed by atoms with E-state index >= 15 is 0 Å². The molecule has 1 fully saturated rings. The molecule has 7 heteroatoms. The molecule has 0 radical (unpaired) electrons. The molecule has 1 aromatic rings. The van der Waals surface area contributed by atoms with E-state index in [0.29, 0.717) is 13.2 Å². The van der Waals surface area contributed by atoms with E-state index in [1.54, 1.807) is 0 Å². The number of ether oxygens (including phenoxy) is 1. The number of phenols is 1. The molecule has 0 aromatic heterocycles. The normalized spacial score (nSPS) is 18.3. The second-order valence-electron chi connectivity index (χ2n) is 4.55. The predicted octanol–water partition coefficient (Wildman–Crippen LogP) is 1.39. The Labute approximate surface area is 115 Å². The number of carboxylic acids is 1. The van der Waals surface area contributed by atoms with Crippen molar-refractivity contribution in [2.45, 2.75) is 18.9 Å². The summed E-state index contributed by atoms with van der Waals surface area (Å²) in [6, 6.07) is 3.22. The fourth-order valence-electron chi connectivity index (χ4n) is 1.97. The lowest BCUT2D eigenvalue weighted by Crippen LogP contribution is -2.42. The fraction of sp³-hybridized carbons (Fsp3) is 0.385. The van der Waals surface area contributed by atoms with Crippen LogP contribution in [0, 0.1) is 0 Å². The second kappa shape index (κ2) is 6.25. The number of benzene rings is 1. The maximum absolute atomic E-state index is 11.7. The van der Waals surface area contributed by atoms with E-state index in [-0.39, 0.29) is 23.0 Å². The molecule has 0 aliphatic carbocycles. The standard InChI is InChI=1S/C13H16N2O5/c16-11-6-8(12(17)18)3-4-10(11)15-13(19)14-9-2-1-5-20-7-9/h3-4,6,9,16H,1-2,5,7H2,(H,17,18)(H2,14,15,19). The number of anilines is 1. The number of nitrogens with one attached hydrogen (secondary N) is 2. The highest BCUT2D eigenvalue weighted by molar-refractivity contribution is 5.93. The quantitative estimate of drug-likeness (QED) is 0.626. The molecule has 1 aliphatic heterocycles. The fourth-order valence-corrected chi connectivity index (χ4v) is 1.97. The van der Waals surface area contributed by atoms with Crippen LogP contribution in [0.15, 0.2) is 18.2 Å². The van der Waals surface area contributed by atoms with Crippen LogP contribution >= 0.6 is 0 Å². The van der Waals surface area contributed by atoms with Gasteiger partial charge in [-0.15, -0.1) is 0 Å². The maximum atomic E-state index is 11.7. The first-order valence-electron chi connectivity index (χ1n) is 6.28. The molecular weight excluding hydrogens is 264 g/mol. The number of rotatable bonds is 3. The Morgan fingerprint density at radius 1 is 1.35 bits per heavy atom. The summed E-state index contributed by atoms with van der Waals surface area (Å²) in [4.78, 5) is 22.5. The minimum Gasteiger partial charge on any atom is -0.506 e. The van der Waals surface area contributed by atoms with E-state index in [9.17, 15) is 14.7 Å². The molecule has 0 saturated carbocycles. The van der Waals surface area contributed by atoms with Crippen LogP contribution in [0.5, 0.6) is 5.75 Å². The Kier molecular flexibility index (Phi) is 4.41. The van der Waals surface area contributed by atoms with Gasteiger partial charge in [0.25, 0.3) is 0 Å². The Hall–Kier alpha value is -2.28. The molecule has 1 aromatic carbocycles. The molecule has 0 bridgehead atoms. The van der Waals surface area contributed by atoms with Crippen molar-refractivity contribution in [1.29, 1.82) is 0 Å². The number of carboxylic acid groups (broad SMARTS) is 1. The van der Waals surface area contributed by atoms with E-state index in [1.165, 1.54) is 12.1 Å². The van der Waals surface area contributed by atoms with Crippen molar-refractivity contribution in [2.24, 2.45) is 0 Å². The zero-order valence-electron chi connectivity index (χ0n) is 10.8. The van der Waals surface area contributed by atoms with Crippen molar-refractivity contribution >= 4 is 17.7 Å². The molecule has 1 aliphatic rings. The topological polar surface area (TPSA) is 108 Å². The molecule has 1 unspecified atom stereocenters. The zero-order valence-corrected chi connectivity index (χ0v) is 10.8. The summed E-state index contributed by atoms with van der Waals surface area (Å²) in [5.41, 5.74) is 0.110. The Morgan fingerprint density at radius 3 is 2.75 bits per heavy atom. The first kappa shape index (κ1) is 14.1. The average molecular weight is 280 g/mol. The first-order chi connectivity index (χ1) is 9.56. The molecule has 20 heavy (non-hydrogen) atoms. The highest BCUT2D eigenvalue weighted by atomic mass is 16.5. The molecule has 2 rings (SSSR count). The summed E-state index contributed by atoms with van der Waals surface area (Å²) in [7, 11) is 0. The van der Waals surface area contributed by atoms with Gasteiger partial charge in [-0.2, -0.15) is 0 Å². The second-order valence-corrected chi connectivity index (χ2v) is 4.55. The molecule has 4 N–H and O–H groups in total. The van der Waals surface area contributed by atoms with Crippen molar-refractivity contribution < 1.29 is 24.5 Å². The van der Waals surface area contributed by atoms with Crippen molar-refractivity contribution in [1.82, 2.24) is 5.32 Å². The third-order valence-electron chi connectivity index (χ3n) is 2.99. The zero-order chi connectivity index (χ0) is 14.5. The first-order valence-corrected chi connectivity index (χ1v) is 6.28. The molecule has 0 spiro atoms. The van der Waals surface area contributed by atoms with Crippen LogP contribution in [0.2, 0.25) is 0 Å². The molecule has 1 atom stereocenters. The van der Waals surface area contributed by atoms with Crippen LogP contribution in [0.25, 0.3) is 0 Å². The summed E-state index contributed by atoms with van der Waals surface area (Å²) in [6.45, 7) is 1.18. The number of aromatic carboxylic acids is 1. The number of carbonyl (C=O) groups is 2. The largest absolute Gasteiger partial charge is 0.506 e. The van der Waals surface area contributed by atoms with Crippen LogP contribution in [0.1, 0.15) is 23.2 Å². The van der Waals surface area contributed by atoms with Crippen LogP contribution in [-0.2, 0) is 4.74 Å². The van der Waals surface area contributed by atoms with Gasteiger partial charge in [0.2, 0.25) is 0 Å². The number of urea groups is 1. The van der Waals surface area contributed by atoms with Gasteiger partial charge in [-0.1, -0.05) is 0 Å². The van der Waals surface area contributed by atoms with Crippen molar-refractivity contribution in [3.05, 3.63) is 23.8 Å². The highest BCUT2D eigenvalue weighted by Gasteiger charge is 2.17. The summed E-state index contributed by atoms with van der Waals surface area (Å²) in [5.74, 6) is -1.43. The number of carbonyl (C=O) groups excluding carboxylic acids is 1. The van der Waals surface area contributed by atoms with Crippen LogP contribution in [-0.4, -0.2) is 41.5 Å². The Bertz CT molecular complexity index is 511. The van der Waals surface area contributed by atoms with Gasteiger partial charge in [0.1, 0.15) is 5.75 Å². The van der Waals surface area contributed by atoms with Gasteiger partial charge in [-0.25, -0.2) is 9.59 Å². The van der Waals surface area contributed by atoms with E-state index in [4.69, 9.17) is 9.84 Å². The summed E-state index contributed by atoms with van der Waals surface area (Å²) in [6.07, 6.45) is 1.74. The predicted molar refractivity (Wildman–Crippen MR) is 71.1 cm³/mol. The van der Waals surface area contributed by atoms with Crippen LogP contribution in [0.3, 0.4) is 0 Å². The van der Waals surface area contributed by atoms with Gasteiger partial charge in [-0.05, 0) is 31.0 Å². The SMILES string of the molecule is O=C(Nc1ccc(C(=O)O)cc1O)NC1CCCOC1. The third kappa shape index (κ3) is 3.61. The maximum Gasteiger partial charge on any atom is 0.335 e. The van der Waals surface area contributed by atoms with Gasteiger partial charge >= 0.3 is 12.0 Å². The van der Waals surface area contributed by atoms with Gasteiger partial charge in [0.05, 0.1) is 23.9 Å². The molecule has 2 amide bonds. The molecule has 108 valence electrons. The number of phenolic OH excluding ortho intramolecular Hbond substituents is 1. The highest BCUT2D eigenvalue weighted by Crippen LogP contribution is 2.24. The van der Waals surface area contributed by atoms with E-state index < -0.39 is 12.0 Å². The Balaban J connectivity index is 1.95. The molecular formula is C13H16N2O5. The van der Waals surface area contributed by atoms with Gasteiger partial charge < -0.3 is 25.6 Å². The molecule has 1 saturated heterocycles. The van der Waals surface area contributed by atoms with Gasteiger partial charge in [0, 0.05) is 6.61 Å². The lowest BCUT2D eigenvalue weighted by Gasteiger charge is -2.23. The minimum absolute atomic E-state index is 0.0471. The van der Waals surface area contributed by atoms with Crippen molar-refractivity contribution in [3.8, 4) is 5.75 Å². The van der Waals surface area contributed by atoms with E-state index in [0.717, 1.165) is 18.9 Å². The van der Waals surface area contributed by atoms with Crippen LogP contribution < -0.4 is 10.6 Å². The monoisotopic (exact) mass is 280 g/mol. The van der Waals surface area contributed by atoms with Gasteiger partial charge in [-0.3, -0.25) is 0 Å². The van der Waals surface area contributed by atoms with E-state index in [2.05, 4.69) is 10.6 Å². The molecule has 7 nitrogen and oxygen atoms in total. The molecule has 1 heterocycles. The Morgan fingerprint density at radius 2 is 2.15 bits per heavy atom.